The number of carbonyl (C=O) groups is 1. The summed E-state index contributed by atoms with van der Waals surface area (Å²) in [5.41, 5.74) is 0.344. The SMILES string of the molecule is CC1(C)CC[C@]2(C(=O)O)CC[C@]3(C)C(=CC[C@@H]4[C@]5(C)CC[C@H](O[C@@H]6O[C@H](CO)[C@@H](O[C@@H]7O[C@H](CO)[C@H](O)[C@H](O)[C@H]7O)[C@H](O)[C@H]6O)C(C)(C)[C@@H]5CC[C@@]43C)[C@H]2C1. The van der Waals surface area contributed by atoms with Gasteiger partial charge in [-0.25, -0.2) is 0 Å². The third-order valence-electron chi connectivity index (χ3n) is 17.3. The smallest absolute Gasteiger partial charge is 0.310 e. The van der Waals surface area contributed by atoms with Crippen molar-refractivity contribution < 1.29 is 64.6 Å². The van der Waals surface area contributed by atoms with Crippen molar-refractivity contribution in [1.82, 2.24) is 0 Å². The number of aliphatic hydroxyl groups is 7. The highest BCUT2D eigenvalue weighted by Crippen LogP contribution is 2.76. The number of hydrogen-bond acceptors (Lipinski definition) is 12. The molecule has 0 aromatic carbocycles. The lowest BCUT2D eigenvalue weighted by Crippen LogP contribution is -2.66. The van der Waals surface area contributed by atoms with E-state index in [1.54, 1.807) is 0 Å². The van der Waals surface area contributed by atoms with Gasteiger partial charge in [0, 0.05) is 0 Å². The van der Waals surface area contributed by atoms with Crippen molar-refractivity contribution in [2.24, 2.45) is 50.2 Å². The van der Waals surface area contributed by atoms with Crippen molar-refractivity contribution >= 4 is 5.97 Å². The van der Waals surface area contributed by atoms with E-state index < -0.39 is 86.0 Å². The lowest BCUT2D eigenvalue weighted by atomic mass is 9.33. The molecule has 0 aromatic heterocycles. The summed E-state index contributed by atoms with van der Waals surface area (Å²) in [4.78, 5) is 13.0. The van der Waals surface area contributed by atoms with Crippen LogP contribution >= 0.6 is 0 Å². The van der Waals surface area contributed by atoms with Gasteiger partial charge in [-0.3, -0.25) is 4.79 Å². The molecule has 2 saturated heterocycles. The van der Waals surface area contributed by atoms with Crippen molar-refractivity contribution in [3.05, 3.63) is 11.6 Å². The van der Waals surface area contributed by atoms with E-state index in [-0.39, 0.29) is 45.0 Å². The fraction of sp³-hybridized carbons (Fsp3) is 0.929. The minimum atomic E-state index is -1.74. The standard InChI is InChI=1S/C42H68O13/c1-37(2)14-16-42(36(50)51)17-15-40(6)21(22(42)18-37)8-9-26-39(5)12-11-27(38(3,4)25(39)10-13-41(26,40)7)54-34-32(49)30(47)33(24(20-44)53-34)55-35-31(48)29(46)28(45)23(19-43)52-35/h8,22-35,43-49H,9-20H2,1-7H3,(H,50,51)/t22-,23-,24-,25+,26-,27+,28+,29+,30-,31-,32-,33-,34+,35+,39-,40-,41+,42+/m1/s1. The van der Waals surface area contributed by atoms with Crippen LogP contribution in [0.5, 0.6) is 0 Å². The third kappa shape index (κ3) is 6.23. The van der Waals surface area contributed by atoms with Crippen molar-refractivity contribution in [3.63, 3.8) is 0 Å². The Balaban J connectivity index is 1.08. The summed E-state index contributed by atoms with van der Waals surface area (Å²) < 4.78 is 23.9. The van der Waals surface area contributed by atoms with E-state index in [9.17, 15) is 45.6 Å². The fourth-order valence-electron chi connectivity index (χ4n) is 13.7. The van der Waals surface area contributed by atoms with Crippen LogP contribution < -0.4 is 0 Å². The molecule has 7 rings (SSSR count). The molecule has 13 nitrogen and oxygen atoms in total. The molecule has 0 radical (unpaired) electrons. The molecule has 0 aromatic rings. The van der Waals surface area contributed by atoms with Gasteiger partial charge in [0.1, 0.15) is 48.8 Å². The van der Waals surface area contributed by atoms with E-state index in [0.717, 1.165) is 57.8 Å². The molecule has 6 fully saturated rings. The number of rotatable bonds is 7. The predicted molar refractivity (Wildman–Crippen MR) is 198 cm³/mol. The van der Waals surface area contributed by atoms with Gasteiger partial charge >= 0.3 is 5.97 Å². The first-order valence-electron chi connectivity index (χ1n) is 20.8. The second kappa shape index (κ2) is 14.2. The molecule has 0 bridgehead atoms. The third-order valence-corrected chi connectivity index (χ3v) is 17.3. The molecule has 314 valence electrons. The summed E-state index contributed by atoms with van der Waals surface area (Å²) in [5.74, 6) is 0.0886. The second-order valence-electron chi connectivity index (χ2n) is 20.7. The van der Waals surface area contributed by atoms with Gasteiger partial charge in [-0.1, -0.05) is 60.1 Å². The van der Waals surface area contributed by atoms with Crippen molar-refractivity contribution in [2.75, 3.05) is 13.2 Å². The summed E-state index contributed by atoms with van der Waals surface area (Å²) in [7, 11) is 0. The highest BCUT2D eigenvalue weighted by molar-refractivity contribution is 5.76. The number of hydrogen-bond donors (Lipinski definition) is 8. The highest BCUT2D eigenvalue weighted by Gasteiger charge is 2.69. The summed E-state index contributed by atoms with van der Waals surface area (Å²) >= 11 is 0. The Kier molecular flexibility index (Phi) is 10.8. The monoisotopic (exact) mass is 780 g/mol. The first kappa shape index (κ1) is 41.9. The number of ether oxygens (including phenoxy) is 4. The Labute approximate surface area is 325 Å². The molecule has 18 atom stereocenters. The number of carboxylic acid groups (broad SMARTS) is 1. The van der Waals surface area contributed by atoms with Crippen LogP contribution in [-0.4, -0.2) is 128 Å². The molecule has 8 N–H and O–H groups in total. The first-order chi connectivity index (χ1) is 25.6. The lowest BCUT2D eigenvalue weighted by Gasteiger charge is -2.71. The van der Waals surface area contributed by atoms with E-state index >= 15 is 0 Å². The molecule has 4 saturated carbocycles. The summed E-state index contributed by atoms with van der Waals surface area (Å²) in [6.45, 7) is 15.1. The van der Waals surface area contributed by atoms with Crippen LogP contribution in [0.3, 0.4) is 0 Å². The van der Waals surface area contributed by atoms with Crippen molar-refractivity contribution in [2.45, 2.75) is 180 Å². The zero-order chi connectivity index (χ0) is 40.3. The molecular formula is C42H68O13. The summed E-state index contributed by atoms with van der Waals surface area (Å²) in [6, 6.07) is 0. The summed E-state index contributed by atoms with van der Waals surface area (Å²) in [6.07, 6.45) is -4.17. The maximum Gasteiger partial charge on any atom is 0.310 e. The Morgan fingerprint density at radius 1 is 0.727 bits per heavy atom. The van der Waals surface area contributed by atoms with Crippen LogP contribution in [0.25, 0.3) is 0 Å². The Morgan fingerprint density at radius 3 is 2.00 bits per heavy atom. The number of allylic oxidation sites excluding steroid dienone is 2. The molecule has 55 heavy (non-hydrogen) atoms. The van der Waals surface area contributed by atoms with Gasteiger partial charge < -0.3 is 59.8 Å². The Bertz CT molecular complexity index is 1480. The quantitative estimate of drug-likeness (QED) is 0.138. The van der Waals surface area contributed by atoms with Crippen LogP contribution in [-0.2, 0) is 23.7 Å². The Hall–Kier alpha value is -1.23. The largest absolute Gasteiger partial charge is 0.481 e. The van der Waals surface area contributed by atoms with Crippen molar-refractivity contribution in [1.29, 1.82) is 0 Å². The van der Waals surface area contributed by atoms with Crippen molar-refractivity contribution in [3.8, 4) is 0 Å². The van der Waals surface area contributed by atoms with Gasteiger partial charge in [-0.2, -0.15) is 0 Å². The average molecular weight is 781 g/mol. The molecule has 2 aliphatic heterocycles. The topological polar surface area (TPSA) is 216 Å². The van der Waals surface area contributed by atoms with Crippen LogP contribution in [0.15, 0.2) is 11.6 Å². The average Bonchev–Trinajstić information content (AvgIpc) is 3.12. The van der Waals surface area contributed by atoms with E-state index in [1.165, 1.54) is 5.57 Å². The first-order valence-corrected chi connectivity index (χ1v) is 20.8. The van der Waals surface area contributed by atoms with Gasteiger partial charge in [0.15, 0.2) is 12.6 Å². The van der Waals surface area contributed by atoms with Gasteiger partial charge in [-0.15, -0.1) is 0 Å². The molecule has 0 spiro atoms. The van der Waals surface area contributed by atoms with Crippen LogP contribution in [0.4, 0.5) is 0 Å². The Morgan fingerprint density at radius 2 is 1.35 bits per heavy atom. The molecule has 13 heteroatoms. The maximum atomic E-state index is 13.0. The number of carboxylic acids is 1. The second-order valence-corrected chi connectivity index (χ2v) is 20.7. The number of aliphatic hydroxyl groups excluding tert-OH is 7. The molecule has 0 amide bonds. The minimum absolute atomic E-state index is 0.00451. The number of aliphatic carboxylic acids is 1. The van der Waals surface area contributed by atoms with Crippen LogP contribution in [0.2, 0.25) is 0 Å². The molecule has 0 unspecified atom stereocenters. The van der Waals surface area contributed by atoms with E-state index in [0.29, 0.717) is 12.3 Å². The molecule has 7 aliphatic rings. The zero-order valence-corrected chi connectivity index (χ0v) is 33.8. The van der Waals surface area contributed by atoms with E-state index in [1.807, 2.05) is 0 Å². The zero-order valence-electron chi connectivity index (χ0n) is 33.8. The summed E-state index contributed by atoms with van der Waals surface area (Å²) in [5, 5.41) is 84.2. The van der Waals surface area contributed by atoms with Crippen LogP contribution in [0, 0.1) is 50.2 Å². The van der Waals surface area contributed by atoms with E-state index in [4.69, 9.17) is 18.9 Å². The lowest BCUT2D eigenvalue weighted by molar-refractivity contribution is -0.368. The maximum absolute atomic E-state index is 13.0. The number of fused-ring (bicyclic) bond motifs is 7. The van der Waals surface area contributed by atoms with Crippen LogP contribution in [0.1, 0.15) is 113 Å². The predicted octanol–water partition coefficient (Wildman–Crippen LogP) is 2.88. The van der Waals surface area contributed by atoms with Gasteiger partial charge in [0.25, 0.3) is 0 Å². The highest BCUT2D eigenvalue weighted by atomic mass is 16.7. The molecule has 2 heterocycles. The normalized spacial score (nSPS) is 53.2. The van der Waals surface area contributed by atoms with Gasteiger partial charge in [0.2, 0.25) is 0 Å². The van der Waals surface area contributed by atoms with Gasteiger partial charge in [-0.05, 0) is 109 Å². The van der Waals surface area contributed by atoms with Gasteiger partial charge in [0.05, 0.1) is 24.7 Å². The molecular weight excluding hydrogens is 712 g/mol. The minimum Gasteiger partial charge on any atom is -0.481 e. The van der Waals surface area contributed by atoms with E-state index in [2.05, 4.69) is 54.5 Å². The fourth-order valence-corrected chi connectivity index (χ4v) is 13.7. The molecule has 5 aliphatic carbocycles.